The monoisotopic (exact) mass is 338 g/mol. The van der Waals surface area contributed by atoms with E-state index in [0.29, 0.717) is 21.6 Å². The quantitative estimate of drug-likeness (QED) is 0.862. The van der Waals surface area contributed by atoms with Crippen LogP contribution in [-0.2, 0) is 0 Å². The molecule has 0 fully saturated rings. The van der Waals surface area contributed by atoms with E-state index in [0.717, 1.165) is 6.42 Å². The maximum Gasteiger partial charge on any atom is 0.272 e. The summed E-state index contributed by atoms with van der Waals surface area (Å²) in [6, 6.07) is 8.44. The molecule has 2 N–H and O–H groups in total. The summed E-state index contributed by atoms with van der Waals surface area (Å²) in [5.74, 6) is 0.235. The smallest absolute Gasteiger partial charge is 0.272 e. The molecule has 0 aliphatic carbocycles. The first kappa shape index (κ1) is 16.5. The maximum absolute atomic E-state index is 11.9. The van der Waals surface area contributed by atoms with Crippen molar-refractivity contribution in [1.82, 2.24) is 15.5 Å². The number of nitrogens with one attached hydrogen (secondary N) is 2. The van der Waals surface area contributed by atoms with E-state index in [1.807, 2.05) is 13.8 Å². The lowest BCUT2D eigenvalue weighted by Crippen LogP contribution is -2.32. The van der Waals surface area contributed by atoms with Crippen LogP contribution in [-0.4, -0.2) is 22.1 Å². The van der Waals surface area contributed by atoms with E-state index in [1.165, 1.54) is 0 Å². The Balaban J connectivity index is 2.09. The Morgan fingerprint density at radius 2 is 2.00 bits per heavy atom. The van der Waals surface area contributed by atoms with Gasteiger partial charge in [0.1, 0.15) is 0 Å². The molecular weight excluding hydrogens is 323 g/mol. The van der Waals surface area contributed by atoms with Gasteiger partial charge < -0.3 is 10.6 Å². The Hall–Kier alpha value is -1.85. The third-order valence-corrected chi connectivity index (χ3v) is 3.64. The van der Waals surface area contributed by atoms with Gasteiger partial charge in [-0.2, -0.15) is 0 Å². The molecule has 1 heterocycles. The van der Waals surface area contributed by atoms with Gasteiger partial charge in [0.15, 0.2) is 11.5 Å². The van der Waals surface area contributed by atoms with Crippen molar-refractivity contribution in [3.05, 3.63) is 46.1 Å². The van der Waals surface area contributed by atoms with Crippen LogP contribution in [0.1, 0.15) is 30.8 Å². The molecule has 0 saturated carbocycles. The lowest BCUT2D eigenvalue weighted by molar-refractivity contribution is 0.0933. The zero-order valence-corrected chi connectivity index (χ0v) is 13.7. The van der Waals surface area contributed by atoms with E-state index in [9.17, 15) is 4.79 Å². The number of amides is 1. The van der Waals surface area contributed by atoms with Crippen LogP contribution >= 0.6 is 23.2 Å². The van der Waals surface area contributed by atoms with E-state index < -0.39 is 0 Å². The van der Waals surface area contributed by atoms with Crippen LogP contribution in [0.25, 0.3) is 0 Å². The van der Waals surface area contributed by atoms with Crippen molar-refractivity contribution >= 4 is 40.6 Å². The molecule has 5 nitrogen and oxygen atoms in total. The van der Waals surface area contributed by atoms with Crippen LogP contribution < -0.4 is 10.6 Å². The summed E-state index contributed by atoms with van der Waals surface area (Å²) in [5.41, 5.74) is 0.892. The minimum atomic E-state index is -0.241. The van der Waals surface area contributed by atoms with Crippen molar-refractivity contribution in [3.8, 4) is 0 Å². The van der Waals surface area contributed by atoms with Gasteiger partial charge >= 0.3 is 0 Å². The summed E-state index contributed by atoms with van der Waals surface area (Å²) in [6.45, 7) is 3.93. The first-order valence-electron chi connectivity index (χ1n) is 6.86. The molecule has 1 aromatic carbocycles. The molecule has 116 valence electrons. The summed E-state index contributed by atoms with van der Waals surface area (Å²) in [6.07, 6.45) is 0.853. The highest BCUT2D eigenvalue weighted by Gasteiger charge is 2.11. The Kier molecular flexibility index (Phi) is 5.57. The summed E-state index contributed by atoms with van der Waals surface area (Å²) in [4.78, 5) is 11.9. The van der Waals surface area contributed by atoms with Crippen LogP contribution in [0.5, 0.6) is 0 Å². The number of rotatable bonds is 5. The fourth-order valence-electron chi connectivity index (χ4n) is 1.65. The number of nitrogens with zero attached hydrogens (tertiary/aromatic N) is 2. The summed E-state index contributed by atoms with van der Waals surface area (Å²) >= 11 is 12.0. The number of anilines is 2. The number of hydrogen-bond acceptors (Lipinski definition) is 4. The molecule has 1 amide bonds. The summed E-state index contributed by atoms with van der Waals surface area (Å²) in [7, 11) is 0. The van der Waals surface area contributed by atoms with E-state index in [2.05, 4.69) is 20.8 Å². The van der Waals surface area contributed by atoms with Gasteiger partial charge in [0.25, 0.3) is 5.91 Å². The highest BCUT2D eigenvalue weighted by atomic mass is 35.5. The average Bonchev–Trinajstić information content (AvgIpc) is 2.51. The van der Waals surface area contributed by atoms with Crippen molar-refractivity contribution in [3.63, 3.8) is 0 Å². The average molecular weight is 339 g/mol. The van der Waals surface area contributed by atoms with Gasteiger partial charge in [0, 0.05) is 11.1 Å². The fraction of sp³-hybridized carbons (Fsp3) is 0.267. The second-order valence-corrected chi connectivity index (χ2v) is 5.68. The fourth-order valence-corrected chi connectivity index (χ4v) is 1.99. The lowest BCUT2D eigenvalue weighted by atomic mass is 10.2. The maximum atomic E-state index is 11.9. The predicted molar refractivity (Wildman–Crippen MR) is 89.0 cm³/mol. The van der Waals surface area contributed by atoms with Gasteiger partial charge in [-0.25, -0.2) is 0 Å². The Labute approximate surface area is 139 Å². The zero-order chi connectivity index (χ0) is 16.1. The highest BCUT2D eigenvalue weighted by Crippen LogP contribution is 2.27. The van der Waals surface area contributed by atoms with Crippen molar-refractivity contribution in [2.75, 3.05) is 5.32 Å². The molecular formula is C15H16Cl2N4O. The molecule has 1 atom stereocenters. The van der Waals surface area contributed by atoms with Crippen LogP contribution in [0.4, 0.5) is 11.5 Å². The van der Waals surface area contributed by atoms with Crippen molar-refractivity contribution in [2.24, 2.45) is 0 Å². The van der Waals surface area contributed by atoms with Crippen LogP contribution in [0, 0.1) is 0 Å². The van der Waals surface area contributed by atoms with Crippen molar-refractivity contribution in [1.29, 1.82) is 0 Å². The summed E-state index contributed by atoms with van der Waals surface area (Å²) < 4.78 is 0. The van der Waals surface area contributed by atoms with Gasteiger partial charge in [-0.15, -0.1) is 10.2 Å². The molecule has 1 unspecified atom stereocenters. The highest BCUT2D eigenvalue weighted by molar-refractivity contribution is 6.35. The number of aromatic nitrogens is 2. The molecule has 22 heavy (non-hydrogen) atoms. The summed E-state index contributed by atoms with van der Waals surface area (Å²) in [5, 5.41) is 14.8. The molecule has 0 spiro atoms. The number of carbonyl (C=O) groups is 1. The molecule has 7 heteroatoms. The SMILES string of the molecule is CCC(C)NC(=O)c1ccc(Nc2cc(Cl)ccc2Cl)nn1. The first-order valence-corrected chi connectivity index (χ1v) is 7.62. The van der Waals surface area contributed by atoms with Crippen molar-refractivity contribution in [2.45, 2.75) is 26.3 Å². The van der Waals surface area contributed by atoms with Gasteiger partial charge in [-0.1, -0.05) is 30.1 Å². The number of benzene rings is 1. The molecule has 0 radical (unpaired) electrons. The second-order valence-electron chi connectivity index (χ2n) is 4.84. The van der Waals surface area contributed by atoms with Gasteiger partial charge in [-0.05, 0) is 43.7 Å². The predicted octanol–water partition coefficient (Wildman–Crippen LogP) is 4.06. The molecule has 2 aromatic rings. The molecule has 0 aliphatic rings. The van der Waals surface area contributed by atoms with Crippen LogP contribution in [0.15, 0.2) is 30.3 Å². The van der Waals surface area contributed by atoms with E-state index >= 15 is 0 Å². The molecule has 0 bridgehead atoms. The largest absolute Gasteiger partial charge is 0.348 e. The minimum absolute atomic E-state index is 0.0948. The lowest BCUT2D eigenvalue weighted by Gasteiger charge is -2.11. The Bertz CT molecular complexity index is 661. The van der Waals surface area contributed by atoms with Gasteiger partial charge in [-0.3, -0.25) is 4.79 Å². The third-order valence-electron chi connectivity index (χ3n) is 3.08. The number of halogens is 2. The molecule has 0 saturated heterocycles. The van der Waals surface area contributed by atoms with Gasteiger partial charge in [0.05, 0.1) is 10.7 Å². The standard InChI is InChI=1S/C15H16Cl2N4O/c1-3-9(2)18-15(22)12-6-7-14(21-20-12)19-13-8-10(16)4-5-11(13)17/h4-9H,3H2,1-2H3,(H,18,22)(H,19,21). The Morgan fingerprint density at radius 1 is 1.23 bits per heavy atom. The van der Waals surface area contributed by atoms with Crippen LogP contribution in [0.3, 0.4) is 0 Å². The van der Waals surface area contributed by atoms with Gasteiger partial charge in [0.2, 0.25) is 0 Å². The topological polar surface area (TPSA) is 66.9 Å². The molecule has 0 aliphatic heterocycles. The molecule has 2 rings (SSSR count). The normalized spacial score (nSPS) is 11.8. The Morgan fingerprint density at radius 3 is 2.64 bits per heavy atom. The van der Waals surface area contributed by atoms with Crippen LogP contribution in [0.2, 0.25) is 10.0 Å². The van der Waals surface area contributed by atoms with Crippen molar-refractivity contribution < 1.29 is 4.79 Å². The minimum Gasteiger partial charge on any atom is -0.348 e. The zero-order valence-electron chi connectivity index (χ0n) is 12.2. The van der Waals surface area contributed by atoms with E-state index in [1.54, 1.807) is 30.3 Å². The number of hydrogen-bond donors (Lipinski definition) is 2. The molecule has 1 aromatic heterocycles. The second kappa shape index (κ2) is 7.42. The number of carbonyl (C=O) groups excluding carboxylic acids is 1. The first-order chi connectivity index (χ1) is 10.5. The van der Waals surface area contributed by atoms with E-state index in [4.69, 9.17) is 23.2 Å². The van der Waals surface area contributed by atoms with E-state index in [-0.39, 0.29) is 17.6 Å². The third kappa shape index (κ3) is 4.32.